The zero-order valence-electron chi connectivity index (χ0n) is 16.3. The molecule has 0 bridgehead atoms. The first-order valence-electron chi connectivity index (χ1n) is 8.97. The highest BCUT2D eigenvalue weighted by atomic mass is 16.5. The van der Waals surface area contributed by atoms with Crippen molar-refractivity contribution < 1.29 is 14.6 Å². The van der Waals surface area contributed by atoms with Crippen LogP contribution < -0.4 is 0 Å². The number of hydrogen-bond donors (Lipinski definition) is 1. The summed E-state index contributed by atoms with van der Waals surface area (Å²) < 4.78 is 7.17. The van der Waals surface area contributed by atoms with Crippen LogP contribution in [0.1, 0.15) is 36.4 Å². The molecule has 5 heteroatoms. The van der Waals surface area contributed by atoms with Gasteiger partial charge in [0.05, 0.1) is 12.3 Å². The van der Waals surface area contributed by atoms with E-state index in [2.05, 4.69) is 40.7 Å². The Balaban J connectivity index is 2.03. The van der Waals surface area contributed by atoms with Crippen molar-refractivity contribution in [1.29, 1.82) is 0 Å². The minimum atomic E-state index is -0.551. The van der Waals surface area contributed by atoms with E-state index in [4.69, 9.17) is 4.74 Å². The van der Waals surface area contributed by atoms with Crippen LogP contribution in [0.5, 0.6) is 0 Å². The first kappa shape index (κ1) is 18.7. The van der Waals surface area contributed by atoms with E-state index in [-0.39, 0.29) is 17.9 Å². The Labute approximate surface area is 159 Å². The van der Waals surface area contributed by atoms with Gasteiger partial charge in [-0.15, -0.1) is 0 Å². The van der Waals surface area contributed by atoms with Crippen LogP contribution in [-0.4, -0.2) is 28.0 Å². The van der Waals surface area contributed by atoms with Gasteiger partial charge in [0.2, 0.25) is 0 Å². The summed E-state index contributed by atoms with van der Waals surface area (Å²) in [7, 11) is 0. The average Bonchev–Trinajstić information content (AvgIpc) is 3.05. The molecule has 0 saturated heterocycles. The van der Waals surface area contributed by atoms with Crippen molar-refractivity contribution in [2.24, 2.45) is 4.99 Å². The van der Waals surface area contributed by atoms with Crippen LogP contribution in [-0.2, 0) is 9.53 Å². The summed E-state index contributed by atoms with van der Waals surface area (Å²) in [5.74, 6) is -0.684. The van der Waals surface area contributed by atoms with E-state index < -0.39 is 5.97 Å². The van der Waals surface area contributed by atoms with Crippen molar-refractivity contribution in [3.05, 3.63) is 69.9 Å². The van der Waals surface area contributed by atoms with Crippen molar-refractivity contribution in [3.8, 4) is 5.69 Å². The fourth-order valence-electron chi connectivity index (χ4n) is 3.31. The van der Waals surface area contributed by atoms with Crippen LogP contribution in [0.2, 0.25) is 0 Å². The predicted molar refractivity (Wildman–Crippen MR) is 107 cm³/mol. The van der Waals surface area contributed by atoms with Crippen LogP contribution >= 0.6 is 0 Å². The van der Waals surface area contributed by atoms with Gasteiger partial charge in [-0.05, 0) is 64.5 Å². The highest BCUT2D eigenvalue weighted by molar-refractivity contribution is 6.22. The molecule has 0 fully saturated rings. The van der Waals surface area contributed by atoms with E-state index >= 15 is 0 Å². The normalized spacial score (nSPS) is 15.4. The third-order valence-corrected chi connectivity index (χ3v) is 4.66. The summed E-state index contributed by atoms with van der Waals surface area (Å²) in [6.45, 7) is 9.80. The van der Waals surface area contributed by atoms with Gasteiger partial charge in [0, 0.05) is 17.1 Å². The standard InChI is InChI=1S/C22H24N2O3/c1-6-27-22(26)20-15(4)23-19(21(20)25)12-17-11-14(3)24(16(17)5)18-9-7-13(2)8-10-18/h7-12,25H,6H2,1-5H3. The molecule has 0 unspecified atom stereocenters. The Bertz CT molecular complexity index is 989. The van der Waals surface area contributed by atoms with Gasteiger partial charge in [-0.3, -0.25) is 0 Å². The molecule has 0 atom stereocenters. The number of aliphatic imine (C=N–C) groups is 1. The van der Waals surface area contributed by atoms with Crippen LogP contribution in [0.25, 0.3) is 11.8 Å². The Morgan fingerprint density at radius 3 is 2.48 bits per heavy atom. The Morgan fingerprint density at radius 2 is 1.85 bits per heavy atom. The maximum absolute atomic E-state index is 12.0. The molecule has 0 aliphatic carbocycles. The summed E-state index contributed by atoms with van der Waals surface area (Å²) in [5, 5.41) is 10.5. The number of aromatic nitrogens is 1. The first-order valence-corrected chi connectivity index (χ1v) is 8.97. The van der Waals surface area contributed by atoms with Gasteiger partial charge in [0.1, 0.15) is 11.3 Å². The Kier molecular flexibility index (Phi) is 5.04. The number of benzene rings is 1. The number of esters is 1. The van der Waals surface area contributed by atoms with E-state index in [1.54, 1.807) is 19.9 Å². The molecular formula is C22H24N2O3. The quantitative estimate of drug-likeness (QED) is 0.807. The molecule has 2 heterocycles. The number of aryl methyl sites for hydroxylation is 2. The number of aliphatic hydroxyl groups excluding tert-OH is 1. The van der Waals surface area contributed by atoms with Crippen molar-refractivity contribution in [1.82, 2.24) is 4.57 Å². The van der Waals surface area contributed by atoms with E-state index in [0.717, 1.165) is 22.6 Å². The molecule has 2 aromatic rings. The lowest BCUT2D eigenvalue weighted by Crippen LogP contribution is -2.13. The predicted octanol–water partition coefficient (Wildman–Crippen LogP) is 4.59. The number of rotatable bonds is 4. The van der Waals surface area contributed by atoms with Crippen LogP contribution in [0.4, 0.5) is 0 Å². The summed E-state index contributed by atoms with van der Waals surface area (Å²) >= 11 is 0. The minimum absolute atomic E-state index is 0.133. The number of aliphatic hydroxyl groups is 1. The third kappa shape index (κ3) is 3.45. The molecule has 0 radical (unpaired) electrons. The van der Waals surface area contributed by atoms with Gasteiger partial charge < -0.3 is 14.4 Å². The van der Waals surface area contributed by atoms with Crippen molar-refractivity contribution in [2.45, 2.75) is 34.6 Å². The fraction of sp³-hybridized carbons (Fsp3) is 0.273. The molecule has 0 spiro atoms. The smallest absolute Gasteiger partial charge is 0.343 e. The zero-order valence-corrected chi connectivity index (χ0v) is 16.3. The van der Waals surface area contributed by atoms with E-state index in [9.17, 15) is 9.90 Å². The van der Waals surface area contributed by atoms with Crippen molar-refractivity contribution in [2.75, 3.05) is 6.61 Å². The van der Waals surface area contributed by atoms with E-state index in [0.29, 0.717) is 11.4 Å². The molecule has 140 valence electrons. The summed E-state index contributed by atoms with van der Waals surface area (Å²) in [5.41, 5.74) is 6.32. The van der Waals surface area contributed by atoms with Crippen molar-refractivity contribution in [3.63, 3.8) is 0 Å². The maximum Gasteiger partial charge on any atom is 0.343 e. The van der Waals surface area contributed by atoms with Gasteiger partial charge in [0.25, 0.3) is 0 Å². The van der Waals surface area contributed by atoms with Gasteiger partial charge in [0.15, 0.2) is 5.76 Å². The highest BCUT2D eigenvalue weighted by Crippen LogP contribution is 2.29. The Morgan fingerprint density at radius 1 is 1.19 bits per heavy atom. The molecule has 1 aliphatic rings. The Hall–Kier alpha value is -3.08. The zero-order chi connectivity index (χ0) is 19.7. The third-order valence-electron chi connectivity index (χ3n) is 4.66. The summed E-state index contributed by atoms with van der Waals surface area (Å²) in [6.07, 6.45) is 1.80. The number of carbonyl (C=O) groups excluding carboxylic acids is 1. The van der Waals surface area contributed by atoms with Crippen molar-refractivity contribution >= 4 is 17.8 Å². The lowest BCUT2D eigenvalue weighted by Gasteiger charge is -2.10. The summed E-state index contributed by atoms with van der Waals surface area (Å²) in [4.78, 5) is 16.4. The number of carbonyl (C=O) groups is 1. The molecule has 27 heavy (non-hydrogen) atoms. The molecule has 1 aromatic heterocycles. The second-order valence-electron chi connectivity index (χ2n) is 6.67. The van der Waals surface area contributed by atoms with Gasteiger partial charge in [-0.2, -0.15) is 0 Å². The van der Waals surface area contributed by atoms with Gasteiger partial charge in [-0.1, -0.05) is 17.7 Å². The average molecular weight is 364 g/mol. The van der Waals surface area contributed by atoms with Crippen LogP contribution in [0, 0.1) is 20.8 Å². The van der Waals surface area contributed by atoms with Crippen LogP contribution in [0.15, 0.2) is 52.4 Å². The SMILES string of the molecule is CCOC(=O)C1=C(O)C(=Cc2cc(C)n(-c3ccc(C)cc3)c2C)N=C1C. The summed E-state index contributed by atoms with van der Waals surface area (Å²) in [6, 6.07) is 10.4. The highest BCUT2D eigenvalue weighted by Gasteiger charge is 2.27. The topological polar surface area (TPSA) is 63.8 Å². The maximum atomic E-state index is 12.0. The largest absolute Gasteiger partial charge is 0.505 e. The number of hydrogen-bond acceptors (Lipinski definition) is 4. The second kappa shape index (κ2) is 7.27. The fourth-order valence-corrected chi connectivity index (χ4v) is 3.31. The van der Waals surface area contributed by atoms with E-state index in [1.165, 1.54) is 5.56 Å². The molecule has 0 amide bonds. The number of nitrogens with zero attached hydrogens (tertiary/aromatic N) is 2. The second-order valence-corrected chi connectivity index (χ2v) is 6.67. The molecule has 1 aromatic carbocycles. The molecule has 1 aliphatic heterocycles. The molecule has 0 saturated carbocycles. The monoisotopic (exact) mass is 364 g/mol. The number of ether oxygens (including phenoxy) is 1. The lowest BCUT2D eigenvalue weighted by atomic mass is 10.1. The first-order chi connectivity index (χ1) is 12.8. The molecule has 3 rings (SSSR count). The molecule has 1 N–H and O–H groups in total. The van der Waals surface area contributed by atoms with Gasteiger partial charge >= 0.3 is 5.97 Å². The molecular weight excluding hydrogens is 340 g/mol. The van der Waals surface area contributed by atoms with Gasteiger partial charge in [-0.25, -0.2) is 9.79 Å². The van der Waals surface area contributed by atoms with Crippen LogP contribution in [0.3, 0.4) is 0 Å². The lowest BCUT2D eigenvalue weighted by molar-refractivity contribution is -0.138. The minimum Gasteiger partial charge on any atom is -0.505 e. The molecule has 5 nitrogen and oxygen atoms in total. The van der Waals surface area contributed by atoms with E-state index in [1.807, 2.05) is 19.9 Å².